The normalized spacial score (nSPS) is 11.8. The lowest BCUT2D eigenvalue weighted by atomic mass is 10.2. The standard InChI is InChI=1S/C19H18FN3O3/c1-3-25-16-10-6-14(7-11-16)18(24)21-12(2)19-22-17(23-26-19)13-4-8-15(20)9-5-13/h4-12H,3H2,1-2H3,(H,21,24)/t12-/m1/s1. The lowest BCUT2D eigenvalue weighted by molar-refractivity contribution is 0.0932. The molecule has 0 aliphatic carbocycles. The van der Waals surface area contributed by atoms with E-state index in [4.69, 9.17) is 9.26 Å². The molecule has 3 rings (SSSR count). The minimum atomic E-state index is -0.476. The summed E-state index contributed by atoms with van der Waals surface area (Å²) in [6.45, 7) is 4.21. The number of nitrogens with zero attached hydrogens (tertiary/aromatic N) is 2. The Morgan fingerprint density at radius 1 is 1.19 bits per heavy atom. The molecular formula is C19H18FN3O3. The fourth-order valence-corrected chi connectivity index (χ4v) is 2.34. The number of halogens is 1. The molecule has 1 heterocycles. The predicted octanol–water partition coefficient (Wildman–Crippen LogP) is 3.77. The molecule has 3 aromatic rings. The fourth-order valence-electron chi connectivity index (χ4n) is 2.34. The van der Waals surface area contributed by atoms with Gasteiger partial charge < -0.3 is 14.6 Å². The van der Waals surface area contributed by atoms with Crippen molar-refractivity contribution in [3.8, 4) is 17.1 Å². The summed E-state index contributed by atoms with van der Waals surface area (Å²) in [7, 11) is 0. The van der Waals surface area contributed by atoms with E-state index in [0.717, 1.165) is 0 Å². The molecule has 0 fully saturated rings. The Morgan fingerprint density at radius 2 is 1.88 bits per heavy atom. The van der Waals surface area contributed by atoms with Crippen LogP contribution in [0.4, 0.5) is 4.39 Å². The van der Waals surface area contributed by atoms with Gasteiger partial charge in [-0.25, -0.2) is 4.39 Å². The number of hydrogen-bond donors (Lipinski definition) is 1. The second-order valence-electron chi connectivity index (χ2n) is 5.62. The summed E-state index contributed by atoms with van der Waals surface area (Å²) in [6, 6.07) is 12.1. The van der Waals surface area contributed by atoms with Crippen LogP contribution in [0.15, 0.2) is 53.1 Å². The number of carbonyl (C=O) groups excluding carboxylic acids is 1. The van der Waals surface area contributed by atoms with Crippen LogP contribution in [-0.2, 0) is 0 Å². The second kappa shape index (κ2) is 7.77. The van der Waals surface area contributed by atoms with Crippen molar-refractivity contribution in [3.63, 3.8) is 0 Å². The molecule has 2 aromatic carbocycles. The number of nitrogens with one attached hydrogen (secondary N) is 1. The lowest BCUT2D eigenvalue weighted by Crippen LogP contribution is -2.26. The number of ether oxygens (including phenoxy) is 1. The Labute approximate surface area is 150 Å². The van der Waals surface area contributed by atoms with Gasteiger partial charge in [-0.1, -0.05) is 5.16 Å². The fraction of sp³-hybridized carbons (Fsp3) is 0.211. The van der Waals surface area contributed by atoms with E-state index in [-0.39, 0.29) is 17.6 Å². The van der Waals surface area contributed by atoms with E-state index in [0.29, 0.717) is 29.3 Å². The topological polar surface area (TPSA) is 77.2 Å². The van der Waals surface area contributed by atoms with Crippen molar-refractivity contribution in [1.82, 2.24) is 15.5 Å². The smallest absolute Gasteiger partial charge is 0.251 e. The highest BCUT2D eigenvalue weighted by Gasteiger charge is 2.18. The number of rotatable bonds is 6. The SMILES string of the molecule is CCOc1ccc(C(=O)N[C@H](C)c2nc(-c3ccc(F)cc3)no2)cc1. The van der Waals surface area contributed by atoms with E-state index in [2.05, 4.69) is 15.5 Å². The molecule has 134 valence electrons. The van der Waals surface area contributed by atoms with Gasteiger partial charge in [-0.2, -0.15) is 4.98 Å². The number of carbonyl (C=O) groups is 1. The molecule has 1 N–H and O–H groups in total. The van der Waals surface area contributed by atoms with E-state index in [1.165, 1.54) is 12.1 Å². The second-order valence-corrected chi connectivity index (χ2v) is 5.62. The number of aromatic nitrogens is 2. The summed E-state index contributed by atoms with van der Waals surface area (Å²) in [5.41, 5.74) is 1.13. The Bertz CT molecular complexity index is 876. The molecule has 0 aliphatic rings. The monoisotopic (exact) mass is 355 g/mol. The summed E-state index contributed by atoms with van der Waals surface area (Å²) in [6.07, 6.45) is 0. The lowest BCUT2D eigenvalue weighted by Gasteiger charge is -2.10. The zero-order valence-corrected chi connectivity index (χ0v) is 14.4. The molecule has 0 spiro atoms. The van der Waals surface area contributed by atoms with Crippen LogP contribution in [0.3, 0.4) is 0 Å². The van der Waals surface area contributed by atoms with Crippen LogP contribution >= 0.6 is 0 Å². The molecular weight excluding hydrogens is 337 g/mol. The van der Waals surface area contributed by atoms with Gasteiger partial charge in [0.1, 0.15) is 17.6 Å². The van der Waals surface area contributed by atoms with Gasteiger partial charge in [0.25, 0.3) is 5.91 Å². The van der Waals surface area contributed by atoms with Crippen molar-refractivity contribution in [2.75, 3.05) is 6.61 Å². The summed E-state index contributed by atoms with van der Waals surface area (Å²) in [5, 5.41) is 6.67. The first-order chi connectivity index (χ1) is 12.6. The van der Waals surface area contributed by atoms with E-state index in [1.54, 1.807) is 43.3 Å². The van der Waals surface area contributed by atoms with Gasteiger partial charge >= 0.3 is 0 Å². The Kier molecular flexibility index (Phi) is 5.26. The van der Waals surface area contributed by atoms with E-state index < -0.39 is 6.04 Å². The number of benzene rings is 2. The molecule has 7 heteroatoms. The molecule has 0 bridgehead atoms. The maximum Gasteiger partial charge on any atom is 0.251 e. The first kappa shape index (κ1) is 17.6. The third kappa shape index (κ3) is 4.05. The molecule has 0 saturated heterocycles. The van der Waals surface area contributed by atoms with Crippen molar-refractivity contribution in [1.29, 1.82) is 0 Å². The maximum absolute atomic E-state index is 13.0. The van der Waals surface area contributed by atoms with Gasteiger partial charge in [0, 0.05) is 11.1 Å². The largest absolute Gasteiger partial charge is 0.494 e. The molecule has 0 unspecified atom stereocenters. The molecule has 1 atom stereocenters. The third-order valence-electron chi connectivity index (χ3n) is 3.69. The van der Waals surface area contributed by atoms with Crippen LogP contribution in [-0.4, -0.2) is 22.7 Å². The highest BCUT2D eigenvalue weighted by atomic mass is 19.1. The molecule has 26 heavy (non-hydrogen) atoms. The Hall–Kier alpha value is -3.22. The molecule has 6 nitrogen and oxygen atoms in total. The van der Waals surface area contributed by atoms with Gasteiger partial charge in [0.2, 0.25) is 11.7 Å². The third-order valence-corrected chi connectivity index (χ3v) is 3.69. The Balaban J connectivity index is 1.67. The molecule has 0 radical (unpaired) electrons. The molecule has 1 aromatic heterocycles. The average molecular weight is 355 g/mol. The quantitative estimate of drug-likeness (QED) is 0.728. The average Bonchev–Trinajstić information content (AvgIpc) is 3.13. The van der Waals surface area contributed by atoms with Crippen LogP contribution in [0.2, 0.25) is 0 Å². The first-order valence-corrected chi connectivity index (χ1v) is 8.20. The highest BCUT2D eigenvalue weighted by Crippen LogP contribution is 2.19. The minimum Gasteiger partial charge on any atom is -0.494 e. The van der Waals surface area contributed by atoms with Crippen molar-refractivity contribution < 1.29 is 18.4 Å². The van der Waals surface area contributed by atoms with Crippen LogP contribution in [0.5, 0.6) is 5.75 Å². The van der Waals surface area contributed by atoms with Crippen molar-refractivity contribution in [2.45, 2.75) is 19.9 Å². The van der Waals surface area contributed by atoms with E-state index in [9.17, 15) is 9.18 Å². The molecule has 0 aliphatic heterocycles. The van der Waals surface area contributed by atoms with Crippen molar-refractivity contribution >= 4 is 5.91 Å². The summed E-state index contributed by atoms with van der Waals surface area (Å²) in [4.78, 5) is 16.6. The van der Waals surface area contributed by atoms with Crippen molar-refractivity contribution in [2.24, 2.45) is 0 Å². The van der Waals surface area contributed by atoms with E-state index >= 15 is 0 Å². The molecule has 0 saturated carbocycles. The van der Waals surface area contributed by atoms with Gasteiger partial charge in [-0.15, -0.1) is 0 Å². The Morgan fingerprint density at radius 3 is 2.54 bits per heavy atom. The first-order valence-electron chi connectivity index (χ1n) is 8.20. The summed E-state index contributed by atoms with van der Waals surface area (Å²) in [5.74, 6) is 0.708. The van der Waals surface area contributed by atoms with Crippen LogP contribution in [0.25, 0.3) is 11.4 Å². The van der Waals surface area contributed by atoms with Gasteiger partial charge in [0.15, 0.2) is 0 Å². The summed E-state index contributed by atoms with van der Waals surface area (Å²) >= 11 is 0. The van der Waals surface area contributed by atoms with Crippen LogP contribution in [0, 0.1) is 5.82 Å². The molecule has 1 amide bonds. The zero-order chi connectivity index (χ0) is 18.5. The van der Waals surface area contributed by atoms with Crippen LogP contribution < -0.4 is 10.1 Å². The number of amides is 1. The predicted molar refractivity (Wildman–Crippen MR) is 93.2 cm³/mol. The minimum absolute atomic E-state index is 0.262. The van der Waals surface area contributed by atoms with Gasteiger partial charge in [-0.05, 0) is 62.4 Å². The zero-order valence-electron chi connectivity index (χ0n) is 14.4. The van der Waals surface area contributed by atoms with E-state index in [1.807, 2.05) is 6.92 Å². The van der Waals surface area contributed by atoms with Crippen molar-refractivity contribution in [3.05, 3.63) is 65.8 Å². The van der Waals surface area contributed by atoms with Gasteiger partial charge in [-0.3, -0.25) is 4.79 Å². The highest BCUT2D eigenvalue weighted by molar-refractivity contribution is 5.94. The van der Waals surface area contributed by atoms with Crippen LogP contribution in [0.1, 0.15) is 36.1 Å². The number of hydrogen-bond acceptors (Lipinski definition) is 5. The maximum atomic E-state index is 13.0. The summed E-state index contributed by atoms with van der Waals surface area (Å²) < 4.78 is 23.6. The van der Waals surface area contributed by atoms with Gasteiger partial charge in [0.05, 0.1) is 6.61 Å².